The Balaban J connectivity index is 2.49. The molecule has 0 amide bonds. The third-order valence-corrected chi connectivity index (χ3v) is 4.00. The quantitative estimate of drug-likeness (QED) is 0.371. The molecule has 22 heavy (non-hydrogen) atoms. The van der Waals surface area contributed by atoms with Crippen molar-refractivity contribution in [2.75, 3.05) is 11.5 Å². The standard InChI is InChI=1S/C15H11ClN2O4/c1-4-2-6(17)8-10(12(4)19)14(21)9-7(18)3-5(16)13(20)11(9)15(8)22/h2-3,19-20H,17-18H2,1H3. The molecule has 0 aromatic heterocycles. The lowest BCUT2D eigenvalue weighted by molar-refractivity contribution is 0.0975. The van der Waals surface area contributed by atoms with Gasteiger partial charge in [0.25, 0.3) is 0 Å². The number of nitrogen functional groups attached to an aromatic ring is 2. The van der Waals surface area contributed by atoms with E-state index in [0.717, 1.165) is 0 Å². The molecule has 1 aliphatic rings. The number of hydrogen-bond donors (Lipinski definition) is 4. The average Bonchev–Trinajstić information content (AvgIpc) is 2.44. The first-order valence-electron chi connectivity index (χ1n) is 6.28. The number of halogens is 1. The van der Waals surface area contributed by atoms with Gasteiger partial charge in [0.2, 0.25) is 11.6 Å². The van der Waals surface area contributed by atoms with Crippen LogP contribution in [0.4, 0.5) is 11.4 Å². The monoisotopic (exact) mass is 318 g/mol. The van der Waals surface area contributed by atoms with Crippen LogP contribution in [0.1, 0.15) is 37.4 Å². The Bertz CT molecular complexity index is 817. The van der Waals surface area contributed by atoms with E-state index in [0.29, 0.717) is 5.56 Å². The minimum Gasteiger partial charge on any atom is -0.507 e. The van der Waals surface area contributed by atoms with E-state index < -0.39 is 17.3 Å². The molecule has 0 spiro atoms. The Labute approximate surface area is 129 Å². The number of carbonyl (C=O) groups is 2. The first-order valence-corrected chi connectivity index (χ1v) is 6.65. The van der Waals surface area contributed by atoms with Crippen molar-refractivity contribution in [1.82, 2.24) is 0 Å². The molecule has 0 atom stereocenters. The highest BCUT2D eigenvalue weighted by Crippen LogP contribution is 2.44. The molecule has 2 aromatic rings. The van der Waals surface area contributed by atoms with Gasteiger partial charge in [0.1, 0.15) is 11.5 Å². The van der Waals surface area contributed by atoms with Gasteiger partial charge in [0.05, 0.1) is 27.3 Å². The molecule has 0 heterocycles. The minimum absolute atomic E-state index is 0.0345. The van der Waals surface area contributed by atoms with Crippen LogP contribution in [0.25, 0.3) is 0 Å². The van der Waals surface area contributed by atoms with Crippen molar-refractivity contribution in [3.05, 3.63) is 45.0 Å². The van der Waals surface area contributed by atoms with E-state index in [9.17, 15) is 19.8 Å². The van der Waals surface area contributed by atoms with E-state index in [1.165, 1.54) is 12.1 Å². The Kier molecular flexibility index (Phi) is 2.83. The summed E-state index contributed by atoms with van der Waals surface area (Å²) in [6.45, 7) is 1.56. The van der Waals surface area contributed by atoms with Gasteiger partial charge >= 0.3 is 0 Å². The van der Waals surface area contributed by atoms with Crippen molar-refractivity contribution in [1.29, 1.82) is 0 Å². The summed E-state index contributed by atoms with van der Waals surface area (Å²) < 4.78 is 0. The molecule has 3 rings (SSSR count). The number of rotatable bonds is 0. The van der Waals surface area contributed by atoms with Crippen LogP contribution in [0.15, 0.2) is 12.1 Å². The predicted octanol–water partition coefficient (Wildman–Crippen LogP) is 2.00. The molecule has 0 saturated heterocycles. The number of aromatic hydroxyl groups is 2. The second-order valence-electron chi connectivity index (χ2n) is 5.09. The van der Waals surface area contributed by atoms with Gasteiger partial charge in [-0.25, -0.2) is 0 Å². The fraction of sp³-hybridized carbons (Fsp3) is 0.0667. The van der Waals surface area contributed by atoms with Crippen molar-refractivity contribution in [3.8, 4) is 11.5 Å². The lowest BCUT2D eigenvalue weighted by atomic mass is 9.80. The van der Waals surface area contributed by atoms with Crippen molar-refractivity contribution < 1.29 is 19.8 Å². The van der Waals surface area contributed by atoms with Crippen LogP contribution in [0, 0.1) is 6.92 Å². The van der Waals surface area contributed by atoms with E-state index in [4.69, 9.17) is 23.1 Å². The fourth-order valence-electron chi connectivity index (χ4n) is 2.67. The lowest BCUT2D eigenvalue weighted by Gasteiger charge is -2.23. The molecule has 0 saturated carbocycles. The normalized spacial score (nSPS) is 13.0. The van der Waals surface area contributed by atoms with E-state index >= 15 is 0 Å². The number of fused-ring (bicyclic) bond motifs is 2. The number of phenols is 2. The average molecular weight is 319 g/mol. The molecule has 7 heteroatoms. The number of hydrogen-bond acceptors (Lipinski definition) is 6. The second kappa shape index (κ2) is 4.38. The summed E-state index contributed by atoms with van der Waals surface area (Å²) in [6, 6.07) is 2.57. The molecular formula is C15H11ClN2O4. The van der Waals surface area contributed by atoms with Gasteiger partial charge in [-0.15, -0.1) is 0 Å². The molecule has 0 aliphatic heterocycles. The highest BCUT2D eigenvalue weighted by molar-refractivity contribution is 6.37. The van der Waals surface area contributed by atoms with Crippen molar-refractivity contribution in [2.45, 2.75) is 6.92 Å². The van der Waals surface area contributed by atoms with Gasteiger partial charge in [0.15, 0.2) is 0 Å². The van der Waals surface area contributed by atoms with Crippen LogP contribution in [-0.4, -0.2) is 21.8 Å². The maximum Gasteiger partial charge on any atom is 0.200 e. The zero-order valence-corrected chi connectivity index (χ0v) is 12.2. The zero-order chi connectivity index (χ0) is 16.3. The highest BCUT2D eigenvalue weighted by atomic mass is 35.5. The van der Waals surface area contributed by atoms with Gasteiger partial charge in [-0.1, -0.05) is 11.6 Å². The largest absolute Gasteiger partial charge is 0.507 e. The van der Waals surface area contributed by atoms with E-state index in [1.54, 1.807) is 6.92 Å². The lowest BCUT2D eigenvalue weighted by Crippen LogP contribution is -2.24. The number of ketones is 2. The molecule has 1 aliphatic carbocycles. The summed E-state index contributed by atoms with van der Waals surface area (Å²) in [4.78, 5) is 25.3. The van der Waals surface area contributed by atoms with Crippen molar-refractivity contribution >= 4 is 34.5 Å². The number of carbonyl (C=O) groups excluding carboxylic acids is 2. The van der Waals surface area contributed by atoms with Crippen molar-refractivity contribution in [3.63, 3.8) is 0 Å². The van der Waals surface area contributed by atoms with Gasteiger partial charge in [0, 0.05) is 11.4 Å². The molecule has 112 valence electrons. The summed E-state index contributed by atoms with van der Waals surface area (Å²) in [6.07, 6.45) is 0. The summed E-state index contributed by atoms with van der Waals surface area (Å²) in [5, 5.41) is 20.0. The summed E-state index contributed by atoms with van der Waals surface area (Å²) >= 11 is 5.81. The first-order chi connectivity index (χ1) is 10.3. The topological polar surface area (TPSA) is 127 Å². The molecule has 2 aromatic carbocycles. The Hall–Kier alpha value is -2.73. The Morgan fingerprint density at radius 3 is 1.86 bits per heavy atom. The zero-order valence-electron chi connectivity index (χ0n) is 11.4. The maximum absolute atomic E-state index is 12.7. The minimum atomic E-state index is -0.705. The molecule has 0 radical (unpaired) electrons. The smallest absolute Gasteiger partial charge is 0.200 e. The van der Waals surface area contributed by atoms with Gasteiger partial charge < -0.3 is 21.7 Å². The van der Waals surface area contributed by atoms with E-state index in [-0.39, 0.29) is 44.4 Å². The number of nitrogens with two attached hydrogens (primary N) is 2. The van der Waals surface area contributed by atoms with Crippen LogP contribution in [0.5, 0.6) is 11.5 Å². The van der Waals surface area contributed by atoms with Crippen LogP contribution in [0.2, 0.25) is 5.02 Å². The van der Waals surface area contributed by atoms with Crippen LogP contribution in [0.3, 0.4) is 0 Å². The number of benzene rings is 2. The molecule has 0 bridgehead atoms. The summed E-state index contributed by atoms with van der Waals surface area (Å²) in [5.74, 6) is -2.25. The molecule has 6 nitrogen and oxygen atoms in total. The number of aryl methyl sites for hydroxylation is 1. The van der Waals surface area contributed by atoms with E-state index in [2.05, 4.69) is 0 Å². The first kappa shape index (κ1) is 14.2. The van der Waals surface area contributed by atoms with Crippen molar-refractivity contribution in [2.24, 2.45) is 0 Å². The Morgan fingerprint density at radius 1 is 0.864 bits per heavy atom. The third kappa shape index (κ3) is 1.61. The van der Waals surface area contributed by atoms with Gasteiger partial charge in [-0.3, -0.25) is 9.59 Å². The molecular weight excluding hydrogens is 308 g/mol. The third-order valence-electron chi connectivity index (χ3n) is 3.71. The predicted molar refractivity (Wildman–Crippen MR) is 81.7 cm³/mol. The highest BCUT2D eigenvalue weighted by Gasteiger charge is 2.38. The SMILES string of the molecule is Cc1cc(N)c2c(c1O)C(=O)c1c(N)cc(Cl)c(O)c1C2=O. The number of phenolic OH excluding ortho intramolecular Hbond substituents is 2. The van der Waals surface area contributed by atoms with E-state index in [1.807, 2.05) is 0 Å². The van der Waals surface area contributed by atoms with Crippen LogP contribution in [-0.2, 0) is 0 Å². The molecule has 0 unspecified atom stereocenters. The number of anilines is 2. The van der Waals surface area contributed by atoms with Gasteiger partial charge in [-0.05, 0) is 24.6 Å². The van der Waals surface area contributed by atoms with Crippen LogP contribution < -0.4 is 11.5 Å². The van der Waals surface area contributed by atoms with Gasteiger partial charge in [-0.2, -0.15) is 0 Å². The fourth-order valence-corrected chi connectivity index (χ4v) is 2.89. The van der Waals surface area contributed by atoms with Crippen LogP contribution >= 0.6 is 11.6 Å². The molecule has 0 fully saturated rings. The second-order valence-corrected chi connectivity index (χ2v) is 5.49. The summed E-state index contributed by atoms with van der Waals surface area (Å²) in [7, 11) is 0. The molecule has 6 N–H and O–H groups in total. The summed E-state index contributed by atoms with van der Waals surface area (Å²) in [5.41, 5.74) is 11.1. The Morgan fingerprint density at radius 2 is 1.32 bits per heavy atom. The maximum atomic E-state index is 12.7.